The largest absolute Gasteiger partial charge is 0.480 e. The Labute approximate surface area is 158 Å². The molecule has 27 heavy (non-hydrogen) atoms. The number of likely N-dealkylation sites (tertiary alicyclic amines) is 1. The van der Waals surface area contributed by atoms with E-state index in [9.17, 15) is 19.5 Å². The van der Waals surface area contributed by atoms with Gasteiger partial charge in [-0.2, -0.15) is 0 Å². The highest BCUT2D eigenvalue weighted by atomic mass is 16.6. The molecule has 0 spiro atoms. The fraction of sp³-hybridized carbons (Fsp3) is 0.526. The first kappa shape index (κ1) is 20.5. The average Bonchev–Trinajstić information content (AvgIpc) is 2.53. The Bertz CT molecular complexity index is 665. The van der Waals surface area contributed by atoms with Gasteiger partial charge in [-0.05, 0) is 38.7 Å². The van der Waals surface area contributed by atoms with Gasteiger partial charge in [0.05, 0.1) is 0 Å². The molecule has 148 valence electrons. The lowest BCUT2D eigenvalue weighted by Crippen LogP contribution is -2.54. The summed E-state index contributed by atoms with van der Waals surface area (Å²) in [5.74, 6) is -1.16. The minimum atomic E-state index is -1.14. The minimum absolute atomic E-state index is 0.0203. The van der Waals surface area contributed by atoms with Crippen LogP contribution in [0.3, 0.4) is 0 Å². The van der Waals surface area contributed by atoms with Crippen molar-refractivity contribution in [1.82, 2.24) is 10.2 Å². The first-order chi connectivity index (χ1) is 12.6. The number of carboxylic acids is 1. The molecule has 1 fully saturated rings. The molecular formula is C19H26N2O6. The van der Waals surface area contributed by atoms with Crippen LogP contribution in [-0.4, -0.2) is 52.9 Å². The molecule has 1 aliphatic heterocycles. The third-order valence-corrected chi connectivity index (χ3v) is 3.98. The summed E-state index contributed by atoms with van der Waals surface area (Å²) in [7, 11) is 0. The van der Waals surface area contributed by atoms with Crippen molar-refractivity contribution in [1.29, 1.82) is 0 Å². The number of carbonyl (C=O) groups excluding carboxylic acids is 2. The summed E-state index contributed by atoms with van der Waals surface area (Å²) in [6, 6.07) is 8.04. The molecule has 8 nitrogen and oxygen atoms in total. The smallest absolute Gasteiger partial charge is 0.410 e. The Hall–Kier alpha value is -2.77. The number of carbonyl (C=O) groups is 3. The van der Waals surface area contributed by atoms with Crippen LogP contribution < -0.4 is 5.32 Å². The summed E-state index contributed by atoms with van der Waals surface area (Å²) in [6.07, 6.45) is -0.981. The molecule has 1 heterocycles. The first-order valence-corrected chi connectivity index (χ1v) is 8.82. The van der Waals surface area contributed by atoms with E-state index in [0.717, 1.165) is 5.56 Å². The number of benzene rings is 1. The van der Waals surface area contributed by atoms with Gasteiger partial charge in [0, 0.05) is 13.1 Å². The lowest BCUT2D eigenvalue weighted by atomic mass is 9.92. The molecular weight excluding hydrogens is 352 g/mol. The maximum absolute atomic E-state index is 11.9. The number of nitrogens with one attached hydrogen (secondary N) is 1. The number of rotatable bonds is 6. The molecule has 8 heteroatoms. The zero-order valence-corrected chi connectivity index (χ0v) is 15.8. The lowest BCUT2D eigenvalue weighted by Gasteiger charge is -2.40. The Kier molecular flexibility index (Phi) is 6.65. The van der Waals surface area contributed by atoms with Crippen LogP contribution in [0.5, 0.6) is 0 Å². The van der Waals surface area contributed by atoms with Crippen LogP contribution in [0.25, 0.3) is 0 Å². The van der Waals surface area contributed by atoms with E-state index in [1.807, 2.05) is 30.3 Å². The van der Waals surface area contributed by atoms with Crippen molar-refractivity contribution in [3.63, 3.8) is 0 Å². The van der Waals surface area contributed by atoms with Crippen molar-refractivity contribution in [3.8, 4) is 0 Å². The zero-order chi connectivity index (χ0) is 20.0. The van der Waals surface area contributed by atoms with Gasteiger partial charge >= 0.3 is 18.2 Å². The number of nitrogens with zero attached hydrogens (tertiary/aromatic N) is 1. The SMILES string of the molecule is CC(C)(C)OC(=O)N1CC(CC(NC(=O)OCc2ccccc2)C(=O)O)C1. The minimum Gasteiger partial charge on any atom is -0.480 e. The molecule has 1 aromatic rings. The van der Waals surface area contributed by atoms with Crippen molar-refractivity contribution in [2.45, 2.75) is 45.4 Å². The van der Waals surface area contributed by atoms with Crippen LogP contribution in [-0.2, 0) is 20.9 Å². The van der Waals surface area contributed by atoms with Gasteiger partial charge in [-0.25, -0.2) is 14.4 Å². The van der Waals surface area contributed by atoms with Gasteiger partial charge in [-0.15, -0.1) is 0 Å². The van der Waals surface area contributed by atoms with Crippen molar-refractivity contribution >= 4 is 18.2 Å². The molecule has 1 aliphatic rings. The highest BCUT2D eigenvalue weighted by Crippen LogP contribution is 2.23. The van der Waals surface area contributed by atoms with Crippen LogP contribution >= 0.6 is 0 Å². The number of ether oxygens (including phenoxy) is 2. The summed E-state index contributed by atoms with van der Waals surface area (Å²) < 4.78 is 10.3. The van der Waals surface area contributed by atoms with Gasteiger partial charge in [0.1, 0.15) is 18.2 Å². The lowest BCUT2D eigenvalue weighted by molar-refractivity contribution is -0.140. The Morgan fingerprint density at radius 2 is 1.85 bits per heavy atom. The third kappa shape index (κ3) is 6.80. The quantitative estimate of drug-likeness (QED) is 0.788. The highest BCUT2D eigenvalue weighted by molar-refractivity contribution is 5.80. The van der Waals surface area contributed by atoms with Crippen LogP contribution in [0.1, 0.15) is 32.8 Å². The number of hydrogen-bond acceptors (Lipinski definition) is 5. The van der Waals surface area contributed by atoms with Gasteiger partial charge < -0.3 is 24.8 Å². The van der Waals surface area contributed by atoms with Gasteiger partial charge in [-0.3, -0.25) is 0 Å². The molecule has 1 atom stereocenters. The number of alkyl carbamates (subject to hydrolysis) is 1. The Morgan fingerprint density at radius 1 is 1.22 bits per heavy atom. The average molecular weight is 378 g/mol. The summed E-state index contributed by atoms with van der Waals surface area (Å²) in [4.78, 5) is 36.7. The molecule has 0 radical (unpaired) electrons. The molecule has 1 saturated heterocycles. The molecule has 0 aliphatic carbocycles. The summed E-state index contributed by atoms with van der Waals surface area (Å²) in [6.45, 7) is 6.22. The molecule has 0 bridgehead atoms. The zero-order valence-electron chi connectivity index (χ0n) is 15.8. The maximum Gasteiger partial charge on any atom is 0.410 e. The van der Waals surface area contributed by atoms with E-state index in [1.165, 1.54) is 4.90 Å². The second-order valence-corrected chi connectivity index (χ2v) is 7.58. The van der Waals surface area contributed by atoms with E-state index in [0.29, 0.717) is 13.1 Å². The monoisotopic (exact) mass is 378 g/mol. The standard InChI is InChI=1S/C19H26N2O6/c1-19(2,3)27-18(25)21-10-14(11-21)9-15(16(22)23)20-17(24)26-12-13-7-5-4-6-8-13/h4-8,14-15H,9-12H2,1-3H3,(H,20,24)(H,22,23). The van der Waals surface area contributed by atoms with Crippen molar-refractivity contribution in [2.75, 3.05) is 13.1 Å². The topological polar surface area (TPSA) is 105 Å². The summed E-state index contributed by atoms with van der Waals surface area (Å²) in [5, 5.41) is 11.7. The molecule has 0 aromatic heterocycles. The fourth-order valence-corrected chi connectivity index (χ4v) is 2.66. The van der Waals surface area contributed by atoms with Crippen LogP contribution in [0.15, 0.2) is 30.3 Å². The molecule has 2 N–H and O–H groups in total. The summed E-state index contributed by atoms with van der Waals surface area (Å²) in [5.41, 5.74) is 0.238. The van der Waals surface area contributed by atoms with Crippen molar-refractivity contribution in [2.24, 2.45) is 5.92 Å². The predicted molar refractivity (Wildman–Crippen MR) is 97.1 cm³/mol. The van der Waals surface area contributed by atoms with E-state index in [2.05, 4.69) is 5.32 Å². The van der Waals surface area contributed by atoms with E-state index in [-0.39, 0.29) is 18.9 Å². The van der Waals surface area contributed by atoms with Crippen molar-refractivity contribution in [3.05, 3.63) is 35.9 Å². The second-order valence-electron chi connectivity index (χ2n) is 7.58. The second kappa shape index (κ2) is 8.75. The number of aliphatic carboxylic acids is 1. The normalized spacial score (nSPS) is 15.4. The van der Waals surface area contributed by atoms with Gasteiger partial charge in [0.2, 0.25) is 0 Å². The molecule has 1 aromatic carbocycles. The van der Waals surface area contributed by atoms with E-state index < -0.39 is 29.8 Å². The van der Waals surface area contributed by atoms with E-state index in [1.54, 1.807) is 20.8 Å². The molecule has 2 rings (SSSR count). The summed E-state index contributed by atoms with van der Waals surface area (Å²) >= 11 is 0. The molecule has 0 saturated carbocycles. The van der Waals surface area contributed by atoms with Gasteiger partial charge in [-0.1, -0.05) is 30.3 Å². The van der Waals surface area contributed by atoms with Gasteiger partial charge in [0.15, 0.2) is 0 Å². The van der Waals surface area contributed by atoms with E-state index >= 15 is 0 Å². The number of hydrogen-bond donors (Lipinski definition) is 2. The Balaban J connectivity index is 1.75. The van der Waals surface area contributed by atoms with E-state index in [4.69, 9.17) is 9.47 Å². The molecule has 2 amide bonds. The first-order valence-electron chi connectivity index (χ1n) is 8.82. The van der Waals surface area contributed by atoms with Crippen molar-refractivity contribution < 1.29 is 29.0 Å². The van der Waals surface area contributed by atoms with Crippen LogP contribution in [0, 0.1) is 5.92 Å². The Morgan fingerprint density at radius 3 is 2.41 bits per heavy atom. The number of carboxylic acid groups (broad SMARTS) is 1. The van der Waals surface area contributed by atoms with Crippen LogP contribution in [0.4, 0.5) is 9.59 Å². The fourth-order valence-electron chi connectivity index (χ4n) is 2.66. The van der Waals surface area contributed by atoms with Crippen LogP contribution in [0.2, 0.25) is 0 Å². The third-order valence-electron chi connectivity index (χ3n) is 3.98. The maximum atomic E-state index is 11.9. The predicted octanol–water partition coefficient (Wildman–Crippen LogP) is 2.62. The highest BCUT2D eigenvalue weighted by Gasteiger charge is 2.36. The van der Waals surface area contributed by atoms with Gasteiger partial charge in [0.25, 0.3) is 0 Å². The molecule has 1 unspecified atom stereocenters. The number of amides is 2.